The van der Waals surface area contributed by atoms with Crippen LogP contribution in [0.4, 0.5) is 0 Å². The van der Waals surface area contributed by atoms with Crippen LogP contribution < -0.4 is 15.6 Å². The van der Waals surface area contributed by atoms with Crippen LogP contribution in [0.1, 0.15) is 44.2 Å². The van der Waals surface area contributed by atoms with Crippen LogP contribution in [0.5, 0.6) is 5.75 Å². The fraction of sp³-hybridized carbons (Fsp3) is 0.609. The quantitative estimate of drug-likeness (QED) is 0.604. The second-order valence-electron chi connectivity index (χ2n) is 8.72. The molecule has 3 aliphatic heterocycles. The number of likely N-dealkylation sites (tertiary alicyclic amines) is 1. The van der Waals surface area contributed by atoms with Crippen LogP contribution in [0.2, 0.25) is 0 Å². The van der Waals surface area contributed by atoms with Gasteiger partial charge in [0.15, 0.2) is 0 Å². The number of hydrogen-bond donors (Lipinski definition) is 2. The molecule has 0 aliphatic carbocycles. The molecule has 10 heteroatoms. The van der Waals surface area contributed by atoms with E-state index in [0.717, 1.165) is 11.3 Å². The number of hydrogen-bond acceptors (Lipinski definition) is 8. The number of hydroxylamine groups is 2. The summed E-state index contributed by atoms with van der Waals surface area (Å²) in [7, 11) is 2.96. The third-order valence-corrected chi connectivity index (χ3v) is 7.06. The molecular formula is C23H32N4O6. The minimum Gasteiger partial charge on any atom is -0.497 e. The summed E-state index contributed by atoms with van der Waals surface area (Å²) in [5, 5.41) is 1.38. The van der Waals surface area contributed by atoms with Crippen molar-refractivity contribution in [1.29, 1.82) is 0 Å². The van der Waals surface area contributed by atoms with Crippen LogP contribution in [0.15, 0.2) is 24.3 Å². The molecule has 4 rings (SSSR count). The monoisotopic (exact) mass is 460 g/mol. The van der Waals surface area contributed by atoms with E-state index in [1.807, 2.05) is 36.1 Å². The van der Waals surface area contributed by atoms with Crippen LogP contribution in [-0.4, -0.2) is 73.2 Å². The highest BCUT2D eigenvalue weighted by Gasteiger charge is 2.58. The lowest BCUT2D eigenvalue weighted by Gasteiger charge is -2.46. The molecule has 0 radical (unpaired) electrons. The normalized spacial score (nSPS) is 26.6. The van der Waals surface area contributed by atoms with Crippen molar-refractivity contribution in [3.63, 3.8) is 0 Å². The van der Waals surface area contributed by atoms with Gasteiger partial charge in [-0.1, -0.05) is 12.1 Å². The van der Waals surface area contributed by atoms with E-state index in [9.17, 15) is 14.4 Å². The first-order valence-corrected chi connectivity index (χ1v) is 11.4. The van der Waals surface area contributed by atoms with Crippen LogP contribution in [0.3, 0.4) is 0 Å². The van der Waals surface area contributed by atoms with E-state index >= 15 is 0 Å². The standard InChI is InChI=1S/C23H32N4O6/c1-4-33-27-20(28)13-17(22(30)32-3)23(27)9-11-26(12-10-23)21(29)19-14-18(24-25-19)15-5-7-16(31-2)8-6-15/h5-8,17-19,24-25H,4,9-14H2,1-3H3. The second kappa shape index (κ2) is 9.66. The van der Waals surface area contributed by atoms with E-state index in [4.69, 9.17) is 14.3 Å². The van der Waals surface area contributed by atoms with Gasteiger partial charge in [-0.2, -0.15) is 0 Å². The summed E-state index contributed by atoms with van der Waals surface area (Å²) in [6.07, 6.45) is 1.62. The van der Waals surface area contributed by atoms with Crippen molar-refractivity contribution in [1.82, 2.24) is 20.8 Å². The third kappa shape index (κ3) is 4.30. The van der Waals surface area contributed by atoms with Gasteiger partial charge in [0.05, 0.1) is 32.3 Å². The Kier molecular flexibility index (Phi) is 6.87. The number of esters is 1. The number of ether oxygens (including phenoxy) is 2. The number of hydrazine groups is 1. The highest BCUT2D eigenvalue weighted by molar-refractivity contribution is 5.88. The second-order valence-corrected chi connectivity index (χ2v) is 8.72. The summed E-state index contributed by atoms with van der Waals surface area (Å²) in [6, 6.07) is 7.45. The molecule has 180 valence electrons. The smallest absolute Gasteiger partial charge is 0.311 e. The Morgan fingerprint density at radius 3 is 2.42 bits per heavy atom. The number of nitrogens with one attached hydrogen (secondary N) is 2. The minimum absolute atomic E-state index is 0.00950. The third-order valence-electron chi connectivity index (χ3n) is 7.06. The minimum atomic E-state index is -0.774. The molecule has 1 aromatic rings. The number of carbonyl (C=O) groups excluding carboxylic acids is 3. The van der Waals surface area contributed by atoms with Crippen molar-refractivity contribution in [2.75, 3.05) is 33.9 Å². The molecule has 2 amide bonds. The Balaban J connectivity index is 1.40. The van der Waals surface area contributed by atoms with Gasteiger partial charge in [0, 0.05) is 25.6 Å². The van der Waals surface area contributed by atoms with Crippen LogP contribution in [0.25, 0.3) is 0 Å². The van der Waals surface area contributed by atoms with Gasteiger partial charge in [0.2, 0.25) is 11.8 Å². The van der Waals surface area contributed by atoms with Crippen molar-refractivity contribution in [3.8, 4) is 5.75 Å². The van der Waals surface area contributed by atoms with Crippen molar-refractivity contribution in [3.05, 3.63) is 29.8 Å². The highest BCUT2D eigenvalue weighted by atomic mass is 16.7. The number of piperidine rings is 1. The van der Waals surface area contributed by atoms with E-state index in [1.54, 1.807) is 7.11 Å². The zero-order chi connectivity index (χ0) is 23.6. The first-order chi connectivity index (χ1) is 15.9. The van der Waals surface area contributed by atoms with E-state index in [1.165, 1.54) is 12.2 Å². The Morgan fingerprint density at radius 2 is 1.82 bits per heavy atom. The molecule has 3 unspecified atom stereocenters. The topological polar surface area (TPSA) is 109 Å². The Morgan fingerprint density at radius 1 is 1.12 bits per heavy atom. The average Bonchev–Trinajstić information content (AvgIpc) is 3.44. The lowest BCUT2D eigenvalue weighted by atomic mass is 9.77. The molecule has 3 aliphatic rings. The summed E-state index contributed by atoms with van der Waals surface area (Å²) in [4.78, 5) is 45.7. The summed E-state index contributed by atoms with van der Waals surface area (Å²) >= 11 is 0. The Hall–Kier alpha value is -2.69. The zero-order valence-corrected chi connectivity index (χ0v) is 19.3. The Bertz CT molecular complexity index is 883. The lowest BCUT2D eigenvalue weighted by molar-refractivity contribution is -0.221. The van der Waals surface area contributed by atoms with Gasteiger partial charge in [-0.25, -0.2) is 15.9 Å². The maximum Gasteiger partial charge on any atom is 0.311 e. The molecule has 3 fully saturated rings. The number of nitrogens with zero attached hydrogens (tertiary/aromatic N) is 2. The van der Waals surface area contributed by atoms with E-state index in [0.29, 0.717) is 39.0 Å². The van der Waals surface area contributed by atoms with E-state index in [2.05, 4.69) is 10.9 Å². The van der Waals surface area contributed by atoms with Crippen molar-refractivity contribution < 1.29 is 28.7 Å². The molecule has 0 saturated carbocycles. The largest absolute Gasteiger partial charge is 0.497 e. The van der Waals surface area contributed by atoms with E-state index < -0.39 is 17.4 Å². The first-order valence-electron chi connectivity index (χ1n) is 11.4. The van der Waals surface area contributed by atoms with Crippen LogP contribution in [0, 0.1) is 5.92 Å². The molecule has 0 bridgehead atoms. The summed E-state index contributed by atoms with van der Waals surface area (Å²) in [6.45, 7) is 3.01. The SMILES string of the molecule is CCON1C(=O)CC(C(=O)OC)C12CCN(C(=O)C1CC(c3ccc(OC)cc3)NN1)CC2. The number of methoxy groups -OCH3 is 2. The van der Waals surface area contributed by atoms with Crippen molar-refractivity contribution in [2.24, 2.45) is 5.92 Å². The van der Waals surface area contributed by atoms with Gasteiger partial charge in [-0.05, 0) is 43.9 Å². The van der Waals surface area contributed by atoms with Gasteiger partial charge in [0.1, 0.15) is 11.8 Å². The summed E-state index contributed by atoms with van der Waals surface area (Å²) in [5.74, 6) is -0.415. The first kappa shape index (κ1) is 23.5. The highest BCUT2D eigenvalue weighted by Crippen LogP contribution is 2.44. The Labute approximate surface area is 193 Å². The van der Waals surface area contributed by atoms with Gasteiger partial charge in [0.25, 0.3) is 0 Å². The predicted octanol–water partition coefficient (Wildman–Crippen LogP) is 0.937. The summed E-state index contributed by atoms with van der Waals surface area (Å²) in [5.41, 5.74) is 6.65. The predicted molar refractivity (Wildman–Crippen MR) is 118 cm³/mol. The van der Waals surface area contributed by atoms with Crippen molar-refractivity contribution >= 4 is 17.8 Å². The fourth-order valence-electron chi connectivity index (χ4n) is 5.27. The maximum absolute atomic E-state index is 13.2. The van der Waals surface area contributed by atoms with Crippen LogP contribution >= 0.6 is 0 Å². The molecule has 1 spiro atoms. The molecule has 2 N–H and O–H groups in total. The number of rotatable bonds is 6. The fourth-order valence-corrected chi connectivity index (χ4v) is 5.27. The molecule has 1 aromatic carbocycles. The zero-order valence-electron chi connectivity index (χ0n) is 19.3. The molecule has 0 aromatic heterocycles. The van der Waals surface area contributed by atoms with Gasteiger partial charge in [-0.15, -0.1) is 0 Å². The maximum atomic E-state index is 13.2. The molecule has 3 heterocycles. The number of benzene rings is 1. The molecular weight excluding hydrogens is 428 g/mol. The number of carbonyl (C=O) groups is 3. The molecule has 3 atom stereocenters. The molecule has 3 saturated heterocycles. The summed E-state index contributed by atoms with van der Waals surface area (Å²) < 4.78 is 10.2. The van der Waals surface area contributed by atoms with Gasteiger partial charge in [-0.3, -0.25) is 19.2 Å². The van der Waals surface area contributed by atoms with Gasteiger partial charge >= 0.3 is 5.97 Å². The number of amides is 2. The lowest BCUT2D eigenvalue weighted by Crippen LogP contribution is -2.59. The molecule has 33 heavy (non-hydrogen) atoms. The average molecular weight is 461 g/mol. The van der Waals surface area contributed by atoms with E-state index in [-0.39, 0.29) is 30.3 Å². The van der Waals surface area contributed by atoms with Crippen molar-refractivity contribution in [2.45, 2.75) is 50.2 Å². The van der Waals surface area contributed by atoms with Crippen LogP contribution in [-0.2, 0) is 24.0 Å². The van der Waals surface area contributed by atoms with Gasteiger partial charge < -0.3 is 14.4 Å². The molecule has 10 nitrogen and oxygen atoms in total.